The fourth-order valence-electron chi connectivity index (χ4n) is 4.06. The highest BCUT2D eigenvalue weighted by Gasteiger charge is 2.33. The summed E-state index contributed by atoms with van der Waals surface area (Å²) in [5.74, 6) is 0.0268. The largest absolute Gasteiger partial charge is 0.495 e. The van der Waals surface area contributed by atoms with Gasteiger partial charge in [-0.1, -0.05) is 6.07 Å². The van der Waals surface area contributed by atoms with Gasteiger partial charge in [0.15, 0.2) is 0 Å². The molecule has 2 aliphatic carbocycles. The Balaban J connectivity index is 1.68. The van der Waals surface area contributed by atoms with Gasteiger partial charge in [-0.05, 0) is 68.9 Å². The Kier molecular flexibility index (Phi) is 5.79. The molecular weight excluding hydrogens is 402 g/mol. The SMILES string of the molecule is CCN(C(=O)c1ccc(OC)c(S(=O)(=O)NC2CC2)c1)[C@H]1CCCc2cccnc21. The van der Waals surface area contributed by atoms with Crippen LogP contribution in [0.1, 0.15) is 60.3 Å². The highest BCUT2D eigenvalue weighted by atomic mass is 32.2. The summed E-state index contributed by atoms with van der Waals surface area (Å²) in [6, 6.07) is 8.45. The van der Waals surface area contributed by atoms with Gasteiger partial charge in [-0.15, -0.1) is 0 Å². The molecule has 7 nitrogen and oxygen atoms in total. The van der Waals surface area contributed by atoms with Gasteiger partial charge >= 0.3 is 0 Å². The van der Waals surface area contributed by atoms with Crippen molar-refractivity contribution in [2.45, 2.75) is 56.0 Å². The van der Waals surface area contributed by atoms with Gasteiger partial charge in [0, 0.05) is 24.3 Å². The minimum atomic E-state index is -3.76. The first-order valence-corrected chi connectivity index (χ1v) is 11.9. The number of aryl methyl sites for hydroxylation is 1. The van der Waals surface area contributed by atoms with E-state index in [1.165, 1.54) is 18.7 Å². The second kappa shape index (κ2) is 8.35. The van der Waals surface area contributed by atoms with E-state index < -0.39 is 10.0 Å². The van der Waals surface area contributed by atoms with E-state index in [1.807, 2.05) is 13.0 Å². The second-order valence-corrected chi connectivity index (χ2v) is 9.49. The number of benzene rings is 1. The minimum Gasteiger partial charge on any atom is -0.495 e. The summed E-state index contributed by atoms with van der Waals surface area (Å²) in [4.78, 5) is 19.8. The topological polar surface area (TPSA) is 88.6 Å². The van der Waals surface area contributed by atoms with Crippen molar-refractivity contribution in [1.82, 2.24) is 14.6 Å². The Bertz CT molecular complexity index is 1050. The zero-order valence-electron chi connectivity index (χ0n) is 17.3. The highest BCUT2D eigenvalue weighted by molar-refractivity contribution is 7.89. The van der Waals surface area contributed by atoms with Crippen molar-refractivity contribution in [2.24, 2.45) is 0 Å². The summed E-state index contributed by atoms with van der Waals surface area (Å²) in [5, 5.41) is 0. The van der Waals surface area contributed by atoms with E-state index in [4.69, 9.17) is 4.74 Å². The van der Waals surface area contributed by atoms with Gasteiger partial charge < -0.3 is 9.64 Å². The summed E-state index contributed by atoms with van der Waals surface area (Å²) in [7, 11) is -2.33. The zero-order valence-corrected chi connectivity index (χ0v) is 18.1. The third-order valence-corrected chi connectivity index (χ3v) is 7.28. The van der Waals surface area contributed by atoms with Gasteiger partial charge in [0.2, 0.25) is 10.0 Å². The smallest absolute Gasteiger partial charge is 0.254 e. The summed E-state index contributed by atoms with van der Waals surface area (Å²) in [5.41, 5.74) is 2.44. The first kappa shape index (κ1) is 20.8. The molecule has 30 heavy (non-hydrogen) atoms. The van der Waals surface area contributed by atoms with Crippen LogP contribution in [0.4, 0.5) is 0 Å². The summed E-state index contributed by atoms with van der Waals surface area (Å²) in [6.45, 7) is 2.44. The number of carbonyl (C=O) groups excluding carboxylic acids is 1. The maximum atomic E-state index is 13.4. The third-order valence-electron chi connectivity index (χ3n) is 5.74. The van der Waals surface area contributed by atoms with E-state index in [0.717, 1.165) is 37.8 Å². The van der Waals surface area contributed by atoms with Crippen LogP contribution in [-0.2, 0) is 16.4 Å². The number of pyridine rings is 1. The first-order valence-electron chi connectivity index (χ1n) is 10.4. The summed E-state index contributed by atoms with van der Waals surface area (Å²) < 4.78 is 33.6. The van der Waals surface area contributed by atoms with E-state index in [2.05, 4.69) is 15.8 Å². The molecule has 2 aliphatic rings. The Labute approximate surface area is 177 Å². The molecule has 1 fully saturated rings. The predicted molar refractivity (Wildman–Crippen MR) is 113 cm³/mol. The number of hydrogen-bond acceptors (Lipinski definition) is 5. The van der Waals surface area contributed by atoms with E-state index in [1.54, 1.807) is 23.2 Å². The van der Waals surface area contributed by atoms with Gasteiger partial charge in [0.1, 0.15) is 10.6 Å². The molecule has 4 rings (SSSR count). The number of carbonyl (C=O) groups is 1. The molecule has 1 N–H and O–H groups in total. The summed E-state index contributed by atoms with van der Waals surface area (Å²) in [6.07, 6.45) is 6.21. The van der Waals surface area contributed by atoms with E-state index in [0.29, 0.717) is 12.1 Å². The molecule has 0 radical (unpaired) electrons. The lowest BCUT2D eigenvalue weighted by molar-refractivity contribution is 0.0664. The molecule has 2 aromatic rings. The zero-order chi connectivity index (χ0) is 21.3. The number of amides is 1. The van der Waals surface area contributed by atoms with E-state index >= 15 is 0 Å². The molecule has 0 unspecified atom stereocenters. The lowest BCUT2D eigenvalue weighted by atomic mass is 9.90. The molecule has 1 atom stereocenters. The number of sulfonamides is 1. The standard InChI is InChI=1S/C22H27N3O4S/c1-3-25(18-8-4-6-15-7-5-13-23-21(15)18)22(26)16-9-12-19(29-2)20(14-16)30(27,28)24-17-10-11-17/h5,7,9,12-14,17-18,24H,3-4,6,8,10-11H2,1-2H3/t18-/m0/s1. The van der Waals surface area contributed by atoms with Crippen LogP contribution in [-0.4, -0.2) is 43.9 Å². The molecule has 0 spiro atoms. The van der Waals surface area contributed by atoms with Gasteiger partial charge in [0.05, 0.1) is 18.8 Å². The number of hydrogen-bond donors (Lipinski definition) is 1. The molecule has 1 heterocycles. The number of fused-ring (bicyclic) bond motifs is 1. The maximum Gasteiger partial charge on any atom is 0.254 e. The number of nitrogens with zero attached hydrogens (tertiary/aromatic N) is 2. The Morgan fingerprint density at radius 1 is 1.27 bits per heavy atom. The van der Waals surface area contributed by atoms with Crippen LogP contribution in [0.3, 0.4) is 0 Å². The number of methoxy groups -OCH3 is 1. The number of ether oxygens (including phenoxy) is 1. The van der Waals surface area contributed by atoms with Crippen LogP contribution in [0.15, 0.2) is 41.4 Å². The molecular formula is C22H27N3O4S. The van der Waals surface area contributed by atoms with Crippen molar-refractivity contribution in [3.8, 4) is 5.75 Å². The third kappa shape index (κ3) is 4.06. The van der Waals surface area contributed by atoms with Crippen LogP contribution in [0.2, 0.25) is 0 Å². The lowest BCUT2D eigenvalue weighted by Crippen LogP contribution is -2.37. The Morgan fingerprint density at radius 2 is 2.07 bits per heavy atom. The molecule has 0 aliphatic heterocycles. The maximum absolute atomic E-state index is 13.4. The normalized spacial score (nSPS) is 18.5. The molecule has 0 bridgehead atoms. The minimum absolute atomic E-state index is 0.000900. The van der Waals surface area contributed by atoms with Crippen LogP contribution in [0.5, 0.6) is 5.75 Å². The number of nitrogens with one attached hydrogen (secondary N) is 1. The molecule has 1 aromatic heterocycles. The first-order chi connectivity index (χ1) is 14.4. The van der Waals surface area contributed by atoms with Gasteiger partial charge in [-0.3, -0.25) is 9.78 Å². The summed E-state index contributed by atoms with van der Waals surface area (Å²) >= 11 is 0. The van der Waals surface area contributed by atoms with E-state index in [-0.39, 0.29) is 28.6 Å². The van der Waals surface area contributed by atoms with Crippen molar-refractivity contribution in [2.75, 3.05) is 13.7 Å². The molecule has 8 heteroatoms. The molecule has 0 saturated heterocycles. The van der Waals surface area contributed by atoms with Gasteiger partial charge in [-0.2, -0.15) is 0 Å². The monoisotopic (exact) mass is 429 g/mol. The number of rotatable bonds is 7. The quantitative estimate of drug-likeness (QED) is 0.731. The van der Waals surface area contributed by atoms with E-state index in [9.17, 15) is 13.2 Å². The molecule has 160 valence electrons. The van der Waals surface area contributed by atoms with Crippen LogP contribution in [0.25, 0.3) is 0 Å². The highest BCUT2D eigenvalue weighted by Crippen LogP contribution is 2.34. The Morgan fingerprint density at radius 3 is 2.77 bits per heavy atom. The van der Waals surface area contributed by atoms with Crippen molar-refractivity contribution >= 4 is 15.9 Å². The second-order valence-electron chi connectivity index (χ2n) is 7.81. The fourth-order valence-corrected chi connectivity index (χ4v) is 5.56. The van der Waals surface area contributed by atoms with Gasteiger partial charge in [-0.25, -0.2) is 13.1 Å². The van der Waals surface area contributed by atoms with Crippen molar-refractivity contribution in [1.29, 1.82) is 0 Å². The van der Waals surface area contributed by atoms with Crippen LogP contribution >= 0.6 is 0 Å². The molecule has 1 amide bonds. The molecule has 1 aromatic carbocycles. The van der Waals surface area contributed by atoms with Crippen molar-refractivity contribution in [3.63, 3.8) is 0 Å². The fraction of sp³-hybridized carbons (Fsp3) is 0.455. The van der Waals surface area contributed by atoms with Crippen molar-refractivity contribution < 1.29 is 17.9 Å². The van der Waals surface area contributed by atoms with Crippen LogP contribution < -0.4 is 9.46 Å². The Hall–Kier alpha value is -2.45. The average molecular weight is 430 g/mol. The van der Waals surface area contributed by atoms with Crippen LogP contribution in [0, 0.1) is 0 Å². The lowest BCUT2D eigenvalue weighted by Gasteiger charge is -2.34. The average Bonchev–Trinajstić information content (AvgIpc) is 3.57. The number of aromatic nitrogens is 1. The van der Waals surface area contributed by atoms with Gasteiger partial charge in [0.25, 0.3) is 5.91 Å². The molecule has 1 saturated carbocycles. The predicted octanol–water partition coefficient (Wildman–Crippen LogP) is 3.07. The van der Waals surface area contributed by atoms with Crippen molar-refractivity contribution in [3.05, 3.63) is 53.3 Å².